The number of benzene rings is 5. The molecular weight excluding hydrogens is 669 g/mol. The number of nitrogens with one attached hydrogen (secondary N) is 1. The van der Waals surface area contributed by atoms with Crippen LogP contribution < -0.4 is 9.46 Å². The van der Waals surface area contributed by atoms with Crippen LogP contribution >= 0.6 is 0 Å². The molecule has 5 aromatic carbocycles. The van der Waals surface area contributed by atoms with Gasteiger partial charge in [-0.2, -0.15) is 4.31 Å². The molecule has 1 aliphatic heterocycles. The maximum absolute atomic E-state index is 14.0. The molecule has 6 rings (SSSR count). The Morgan fingerprint density at radius 3 is 2.22 bits per heavy atom. The van der Waals surface area contributed by atoms with Crippen LogP contribution in [0.2, 0.25) is 0 Å². The zero-order valence-corrected chi connectivity index (χ0v) is 30.1. The highest BCUT2D eigenvalue weighted by Crippen LogP contribution is 2.34. The number of rotatable bonds is 11. The molecule has 260 valence electrons. The molecule has 50 heavy (non-hydrogen) atoms. The molecule has 0 spiro atoms. The SMILES string of the molecule is CC(C)c1ccc(-c2cccc(S(=O)(=O)N3CCCC(CC(C)(Oc4ccccc4)C(=O)NS(=O)(=O)c4ccc5ccccc5c4)C3)c2)cc1. The lowest BCUT2D eigenvalue weighted by Crippen LogP contribution is -2.53. The summed E-state index contributed by atoms with van der Waals surface area (Å²) in [5, 5.41) is 1.60. The third-order valence-corrected chi connectivity index (χ3v) is 12.6. The molecule has 10 heteroatoms. The first-order chi connectivity index (χ1) is 23.8. The van der Waals surface area contributed by atoms with E-state index in [0.29, 0.717) is 31.1 Å². The summed E-state index contributed by atoms with van der Waals surface area (Å²) in [7, 11) is -8.13. The third kappa shape index (κ3) is 7.78. The van der Waals surface area contributed by atoms with Crippen molar-refractivity contribution in [1.29, 1.82) is 0 Å². The number of fused-ring (bicyclic) bond motifs is 1. The second-order valence-corrected chi connectivity index (χ2v) is 17.1. The van der Waals surface area contributed by atoms with E-state index in [-0.39, 0.29) is 28.7 Å². The molecule has 0 aromatic heterocycles. The van der Waals surface area contributed by atoms with E-state index >= 15 is 0 Å². The monoisotopic (exact) mass is 710 g/mol. The molecule has 8 nitrogen and oxygen atoms in total. The maximum Gasteiger partial charge on any atom is 0.277 e. The lowest BCUT2D eigenvalue weighted by atomic mass is 9.86. The fourth-order valence-electron chi connectivity index (χ4n) is 6.56. The Kier molecular flexibility index (Phi) is 10.2. The second-order valence-electron chi connectivity index (χ2n) is 13.5. The van der Waals surface area contributed by atoms with Crippen molar-refractivity contribution in [3.63, 3.8) is 0 Å². The van der Waals surface area contributed by atoms with E-state index in [1.807, 2.05) is 48.5 Å². The average Bonchev–Trinajstić information content (AvgIpc) is 3.12. The minimum absolute atomic E-state index is 0.0420. The summed E-state index contributed by atoms with van der Waals surface area (Å²) in [6.07, 6.45) is 1.32. The highest BCUT2D eigenvalue weighted by atomic mass is 32.2. The van der Waals surface area contributed by atoms with Crippen LogP contribution in [0.1, 0.15) is 51.5 Å². The molecular formula is C40H42N2O6S2. The van der Waals surface area contributed by atoms with E-state index < -0.39 is 31.6 Å². The lowest BCUT2D eigenvalue weighted by molar-refractivity contribution is -0.135. The molecule has 0 saturated carbocycles. The second kappa shape index (κ2) is 14.4. The molecule has 1 fully saturated rings. The summed E-state index contributed by atoms with van der Waals surface area (Å²) in [5.74, 6) is -0.326. The van der Waals surface area contributed by atoms with Crippen LogP contribution in [0.15, 0.2) is 131 Å². The zero-order chi connectivity index (χ0) is 35.5. The van der Waals surface area contributed by atoms with E-state index in [0.717, 1.165) is 21.9 Å². The topological polar surface area (TPSA) is 110 Å². The van der Waals surface area contributed by atoms with Crippen molar-refractivity contribution < 1.29 is 26.4 Å². The molecule has 2 unspecified atom stereocenters. The Labute approximate surface area is 295 Å². The van der Waals surface area contributed by atoms with Gasteiger partial charge >= 0.3 is 0 Å². The van der Waals surface area contributed by atoms with Crippen LogP contribution in [0.25, 0.3) is 21.9 Å². The van der Waals surface area contributed by atoms with Gasteiger partial charge in [-0.3, -0.25) is 4.79 Å². The smallest absolute Gasteiger partial charge is 0.277 e. The lowest BCUT2D eigenvalue weighted by Gasteiger charge is -2.37. The quantitative estimate of drug-likeness (QED) is 0.150. The minimum Gasteiger partial charge on any atom is -0.478 e. The van der Waals surface area contributed by atoms with Gasteiger partial charge in [0.1, 0.15) is 5.75 Å². The number of piperidine rings is 1. The summed E-state index contributed by atoms with van der Waals surface area (Å²) in [6.45, 7) is 6.32. The van der Waals surface area contributed by atoms with Crippen LogP contribution in [-0.4, -0.2) is 45.7 Å². The van der Waals surface area contributed by atoms with Gasteiger partial charge in [0, 0.05) is 19.5 Å². The number of ether oxygens (including phenoxy) is 1. The first kappa shape index (κ1) is 35.3. The van der Waals surface area contributed by atoms with Crippen LogP contribution in [-0.2, 0) is 24.8 Å². The van der Waals surface area contributed by atoms with Gasteiger partial charge in [0.15, 0.2) is 5.60 Å². The third-order valence-electron chi connectivity index (χ3n) is 9.37. The predicted octanol–water partition coefficient (Wildman–Crippen LogP) is 7.76. The van der Waals surface area contributed by atoms with Gasteiger partial charge in [0.25, 0.3) is 15.9 Å². The van der Waals surface area contributed by atoms with Crippen molar-refractivity contribution in [3.05, 3.63) is 127 Å². The number of amides is 1. The number of hydrogen-bond donors (Lipinski definition) is 1. The molecule has 0 radical (unpaired) electrons. The summed E-state index contributed by atoms with van der Waals surface area (Å²) in [5.41, 5.74) is 1.31. The Bertz CT molecular complexity index is 2200. The number of hydrogen-bond acceptors (Lipinski definition) is 6. The van der Waals surface area contributed by atoms with Crippen molar-refractivity contribution in [1.82, 2.24) is 9.03 Å². The number of carbonyl (C=O) groups is 1. The Morgan fingerprint density at radius 2 is 1.50 bits per heavy atom. The molecule has 1 saturated heterocycles. The molecule has 0 aliphatic carbocycles. The van der Waals surface area contributed by atoms with Gasteiger partial charge < -0.3 is 4.74 Å². The van der Waals surface area contributed by atoms with E-state index in [1.54, 1.807) is 55.5 Å². The van der Waals surface area contributed by atoms with Crippen molar-refractivity contribution in [2.45, 2.75) is 61.3 Å². The van der Waals surface area contributed by atoms with Crippen LogP contribution in [0.3, 0.4) is 0 Å². The van der Waals surface area contributed by atoms with Crippen molar-refractivity contribution in [2.24, 2.45) is 5.92 Å². The van der Waals surface area contributed by atoms with E-state index in [9.17, 15) is 21.6 Å². The fourth-order valence-corrected chi connectivity index (χ4v) is 9.27. The standard InChI is InChI=1S/C40H42N2O6S2/c1-29(2)31-18-20-33(21-19-31)35-14-9-17-38(26-35)50(46,47)42-24-10-11-30(28-42)27-40(3,48-36-15-5-4-6-16-36)39(43)41-49(44,45)37-23-22-32-12-7-8-13-34(32)25-37/h4-9,12-23,25-26,29-30H,10-11,24,27-28H2,1-3H3,(H,41,43). The maximum atomic E-state index is 14.0. The number of para-hydroxylation sites is 1. The summed E-state index contributed by atoms with van der Waals surface area (Å²) < 4.78 is 65.1. The Morgan fingerprint density at radius 1 is 0.800 bits per heavy atom. The van der Waals surface area contributed by atoms with Crippen LogP contribution in [0.4, 0.5) is 0 Å². The van der Waals surface area contributed by atoms with Gasteiger partial charge in [0.2, 0.25) is 10.0 Å². The number of nitrogens with zero attached hydrogens (tertiary/aromatic N) is 1. The fraction of sp³-hybridized carbons (Fsp3) is 0.275. The van der Waals surface area contributed by atoms with Gasteiger partial charge in [-0.25, -0.2) is 21.6 Å². The molecule has 1 amide bonds. The highest BCUT2D eigenvalue weighted by molar-refractivity contribution is 7.90. The molecule has 5 aromatic rings. The van der Waals surface area contributed by atoms with Crippen molar-refractivity contribution in [3.8, 4) is 16.9 Å². The van der Waals surface area contributed by atoms with Crippen molar-refractivity contribution >= 4 is 36.7 Å². The molecule has 0 bridgehead atoms. The van der Waals surface area contributed by atoms with E-state index in [1.165, 1.54) is 22.0 Å². The van der Waals surface area contributed by atoms with Gasteiger partial charge in [-0.1, -0.05) is 98.8 Å². The molecule has 1 aliphatic rings. The van der Waals surface area contributed by atoms with E-state index in [4.69, 9.17) is 4.74 Å². The average molecular weight is 711 g/mol. The number of sulfonamides is 2. The Balaban J connectivity index is 1.23. The van der Waals surface area contributed by atoms with Gasteiger partial charge in [-0.05, 0) is 95.5 Å². The van der Waals surface area contributed by atoms with Crippen LogP contribution in [0, 0.1) is 5.92 Å². The number of carbonyl (C=O) groups excluding carboxylic acids is 1. The summed E-state index contributed by atoms with van der Waals surface area (Å²) in [6, 6.07) is 35.9. The molecule has 1 N–H and O–H groups in total. The normalized spacial score (nSPS) is 16.9. The minimum atomic E-state index is -4.26. The summed E-state index contributed by atoms with van der Waals surface area (Å²) >= 11 is 0. The zero-order valence-electron chi connectivity index (χ0n) is 28.5. The molecule has 2 atom stereocenters. The Hall–Kier alpha value is -4.51. The largest absolute Gasteiger partial charge is 0.478 e. The molecule has 1 heterocycles. The first-order valence-corrected chi connectivity index (χ1v) is 19.8. The van der Waals surface area contributed by atoms with Gasteiger partial charge in [-0.15, -0.1) is 0 Å². The van der Waals surface area contributed by atoms with E-state index in [2.05, 4.69) is 30.7 Å². The summed E-state index contributed by atoms with van der Waals surface area (Å²) in [4.78, 5) is 14.1. The van der Waals surface area contributed by atoms with Crippen molar-refractivity contribution in [2.75, 3.05) is 13.1 Å². The van der Waals surface area contributed by atoms with Crippen LogP contribution in [0.5, 0.6) is 5.75 Å². The first-order valence-electron chi connectivity index (χ1n) is 16.8. The predicted molar refractivity (Wildman–Crippen MR) is 197 cm³/mol. The van der Waals surface area contributed by atoms with Gasteiger partial charge in [0.05, 0.1) is 9.79 Å². The highest BCUT2D eigenvalue weighted by Gasteiger charge is 2.42.